The van der Waals surface area contributed by atoms with Gasteiger partial charge in [-0.25, -0.2) is 9.78 Å². The van der Waals surface area contributed by atoms with Crippen LogP contribution in [-0.4, -0.2) is 63.4 Å². The van der Waals surface area contributed by atoms with Crippen LogP contribution in [0.5, 0.6) is 5.88 Å². The summed E-state index contributed by atoms with van der Waals surface area (Å²) in [6.07, 6.45) is -2.60. The predicted octanol–water partition coefficient (Wildman–Crippen LogP) is 5.13. The molecule has 0 aliphatic heterocycles. The second-order valence-electron chi connectivity index (χ2n) is 13.2. The third-order valence-corrected chi connectivity index (χ3v) is 9.05. The molecule has 3 atom stereocenters. The van der Waals surface area contributed by atoms with Crippen molar-refractivity contribution >= 4 is 57.3 Å². The van der Waals surface area contributed by atoms with Gasteiger partial charge in [-0.2, -0.15) is 0 Å². The minimum atomic E-state index is -1.41. The van der Waals surface area contributed by atoms with Crippen molar-refractivity contribution in [2.24, 2.45) is 5.73 Å². The molecule has 4 aromatic carbocycles. The van der Waals surface area contributed by atoms with Gasteiger partial charge in [-0.3, -0.25) is 14.4 Å². The SMILES string of the molecule is CC(C)(C)NC(=O)c1ccccc1CC(O)C(CSc1ccc2ccccc2c1)NC(=O)CC(NC(=O)Oc1ccc2ccccc2n1)C(N)=O. The van der Waals surface area contributed by atoms with Crippen LogP contribution in [0, 0.1) is 0 Å². The number of nitrogens with two attached hydrogens (primary N) is 1. The summed E-state index contributed by atoms with van der Waals surface area (Å²) in [5.41, 5.74) is 6.72. The quantitative estimate of drug-likeness (QED) is 0.105. The van der Waals surface area contributed by atoms with E-state index >= 15 is 0 Å². The van der Waals surface area contributed by atoms with Crippen LogP contribution in [0.25, 0.3) is 21.7 Å². The van der Waals surface area contributed by atoms with Gasteiger partial charge in [0.25, 0.3) is 5.91 Å². The van der Waals surface area contributed by atoms with Crippen LogP contribution in [0.15, 0.2) is 108 Å². The third-order valence-electron chi connectivity index (χ3n) is 7.94. The number of nitrogens with one attached hydrogen (secondary N) is 3. The van der Waals surface area contributed by atoms with Gasteiger partial charge in [0.05, 0.1) is 24.1 Å². The molecule has 3 unspecified atom stereocenters. The number of thioether (sulfide) groups is 1. The van der Waals surface area contributed by atoms with Gasteiger partial charge in [0.2, 0.25) is 17.7 Å². The maximum Gasteiger partial charge on any atom is 0.414 e. The molecule has 0 fully saturated rings. The summed E-state index contributed by atoms with van der Waals surface area (Å²) in [5.74, 6) is -1.60. The Balaban J connectivity index is 1.29. The second kappa shape index (κ2) is 16.5. The number of carbonyl (C=O) groups is 4. The molecule has 0 bridgehead atoms. The highest BCUT2D eigenvalue weighted by molar-refractivity contribution is 7.99. The lowest BCUT2D eigenvalue weighted by atomic mass is 9.97. The number of pyridine rings is 1. The standard InChI is InChI=1S/C39H41N5O6S/c1-39(2,3)44-37(48)29-14-8-6-13-27(29)21-33(45)32(23-51-28-18-16-24-10-4-5-12-26(24)20-28)41-34(46)22-31(36(40)47)43-38(49)50-35-19-17-25-11-7-9-15-30(25)42-35/h4-20,31-33,45H,21-23H2,1-3H3,(H2,40,47)(H,41,46)(H,43,49)(H,44,48). The summed E-state index contributed by atoms with van der Waals surface area (Å²) in [6, 6.07) is 29.2. The summed E-state index contributed by atoms with van der Waals surface area (Å²) >= 11 is 1.44. The molecule has 1 heterocycles. The third kappa shape index (κ3) is 10.5. The molecule has 0 saturated heterocycles. The van der Waals surface area contributed by atoms with E-state index in [1.54, 1.807) is 42.5 Å². The number of primary amides is 1. The van der Waals surface area contributed by atoms with Gasteiger partial charge in [-0.1, -0.05) is 66.7 Å². The molecule has 0 radical (unpaired) electrons. The van der Waals surface area contributed by atoms with E-state index in [4.69, 9.17) is 10.5 Å². The van der Waals surface area contributed by atoms with Gasteiger partial charge in [-0.15, -0.1) is 11.8 Å². The first kappa shape index (κ1) is 36.8. The Morgan fingerprint density at radius 3 is 2.25 bits per heavy atom. The number of aliphatic hydroxyl groups is 1. The minimum Gasteiger partial charge on any atom is -0.391 e. The smallest absolute Gasteiger partial charge is 0.391 e. The van der Waals surface area contributed by atoms with Crippen molar-refractivity contribution in [2.75, 3.05) is 5.75 Å². The Labute approximate surface area is 300 Å². The van der Waals surface area contributed by atoms with Crippen molar-refractivity contribution in [3.8, 4) is 5.88 Å². The number of fused-ring (bicyclic) bond motifs is 2. The van der Waals surface area contributed by atoms with Crippen molar-refractivity contribution in [1.29, 1.82) is 0 Å². The lowest BCUT2D eigenvalue weighted by Gasteiger charge is -2.26. The lowest BCUT2D eigenvalue weighted by molar-refractivity contribution is -0.127. The molecule has 0 aliphatic rings. The highest BCUT2D eigenvalue weighted by atomic mass is 32.2. The van der Waals surface area contributed by atoms with Crippen LogP contribution < -0.4 is 26.4 Å². The number of carbonyl (C=O) groups excluding carboxylic acids is 4. The molecule has 264 valence electrons. The molecule has 1 aromatic heterocycles. The Kier molecular flexibility index (Phi) is 11.9. The van der Waals surface area contributed by atoms with Crippen molar-refractivity contribution < 1.29 is 29.0 Å². The normalized spacial score (nSPS) is 13.2. The number of ether oxygens (including phenoxy) is 1. The number of benzene rings is 4. The maximum atomic E-state index is 13.4. The molecule has 5 aromatic rings. The highest BCUT2D eigenvalue weighted by Gasteiger charge is 2.28. The average molecular weight is 708 g/mol. The van der Waals surface area contributed by atoms with Crippen molar-refractivity contribution in [1.82, 2.24) is 20.9 Å². The van der Waals surface area contributed by atoms with Gasteiger partial charge in [0.1, 0.15) is 6.04 Å². The van der Waals surface area contributed by atoms with Gasteiger partial charge in [0, 0.05) is 39.6 Å². The molecular weight excluding hydrogens is 667 g/mol. The summed E-state index contributed by atoms with van der Waals surface area (Å²) < 4.78 is 5.27. The maximum absolute atomic E-state index is 13.4. The van der Waals surface area contributed by atoms with Crippen LogP contribution >= 0.6 is 11.8 Å². The largest absolute Gasteiger partial charge is 0.414 e. The number of nitrogens with zero attached hydrogens (tertiary/aromatic N) is 1. The number of para-hydroxylation sites is 1. The van der Waals surface area contributed by atoms with E-state index in [2.05, 4.69) is 20.9 Å². The zero-order valence-electron chi connectivity index (χ0n) is 28.6. The number of amides is 4. The van der Waals surface area contributed by atoms with E-state index in [9.17, 15) is 24.3 Å². The van der Waals surface area contributed by atoms with Crippen LogP contribution in [0.1, 0.15) is 43.1 Å². The van der Waals surface area contributed by atoms with E-state index in [1.807, 2.05) is 75.4 Å². The first-order valence-electron chi connectivity index (χ1n) is 16.5. The molecule has 12 heteroatoms. The number of hydrogen-bond acceptors (Lipinski definition) is 8. The molecule has 0 aliphatic carbocycles. The van der Waals surface area contributed by atoms with E-state index < -0.39 is 48.1 Å². The number of aromatic nitrogens is 1. The number of aliphatic hydroxyl groups excluding tert-OH is 1. The number of rotatable bonds is 13. The van der Waals surface area contributed by atoms with E-state index in [0.717, 1.165) is 21.1 Å². The van der Waals surface area contributed by atoms with Crippen LogP contribution in [0.3, 0.4) is 0 Å². The average Bonchev–Trinajstić information content (AvgIpc) is 3.09. The Hall–Kier alpha value is -5.46. The van der Waals surface area contributed by atoms with Gasteiger partial charge in [-0.05, 0) is 67.4 Å². The fraction of sp³-hybridized carbons (Fsp3) is 0.256. The summed E-state index contributed by atoms with van der Waals surface area (Å²) in [6.45, 7) is 5.64. The molecule has 5 rings (SSSR count). The van der Waals surface area contributed by atoms with Crippen molar-refractivity contribution in [3.63, 3.8) is 0 Å². The molecule has 0 spiro atoms. The van der Waals surface area contributed by atoms with Crippen LogP contribution in [0.2, 0.25) is 0 Å². The lowest BCUT2D eigenvalue weighted by Crippen LogP contribution is -2.51. The highest BCUT2D eigenvalue weighted by Crippen LogP contribution is 2.26. The molecule has 6 N–H and O–H groups in total. The van der Waals surface area contributed by atoms with Crippen molar-refractivity contribution in [3.05, 3.63) is 114 Å². The van der Waals surface area contributed by atoms with Crippen LogP contribution in [0.4, 0.5) is 4.79 Å². The zero-order chi connectivity index (χ0) is 36.5. The Morgan fingerprint density at radius 2 is 1.51 bits per heavy atom. The summed E-state index contributed by atoms with van der Waals surface area (Å²) in [4.78, 5) is 56.8. The first-order valence-corrected chi connectivity index (χ1v) is 17.5. The second-order valence-corrected chi connectivity index (χ2v) is 14.3. The fourth-order valence-electron chi connectivity index (χ4n) is 5.43. The summed E-state index contributed by atoms with van der Waals surface area (Å²) in [5, 5.41) is 22.7. The zero-order valence-corrected chi connectivity index (χ0v) is 29.4. The van der Waals surface area contributed by atoms with Crippen LogP contribution in [-0.2, 0) is 16.0 Å². The molecule has 11 nitrogen and oxygen atoms in total. The Morgan fingerprint density at radius 1 is 0.843 bits per heavy atom. The van der Waals surface area contributed by atoms with E-state index in [0.29, 0.717) is 16.6 Å². The number of hydrogen-bond donors (Lipinski definition) is 5. The molecular formula is C39H41N5O6S. The van der Waals surface area contributed by atoms with Crippen molar-refractivity contribution in [2.45, 2.75) is 62.2 Å². The monoisotopic (exact) mass is 707 g/mol. The molecule has 51 heavy (non-hydrogen) atoms. The van der Waals surface area contributed by atoms with E-state index in [-0.39, 0.29) is 24.0 Å². The van der Waals surface area contributed by atoms with Gasteiger partial charge < -0.3 is 31.5 Å². The minimum absolute atomic E-state index is 0.00392. The summed E-state index contributed by atoms with van der Waals surface area (Å²) in [7, 11) is 0. The predicted molar refractivity (Wildman–Crippen MR) is 198 cm³/mol. The topological polar surface area (TPSA) is 173 Å². The van der Waals surface area contributed by atoms with Gasteiger partial charge in [0.15, 0.2) is 0 Å². The fourth-order valence-corrected chi connectivity index (χ4v) is 6.48. The molecule has 4 amide bonds. The van der Waals surface area contributed by atoms with E-state index in [1.165, 1.54) is 17.8 Å². The molecule has 0 saturated carbocycles. The first-order chi connectivity index (χ1) is 24.3. The van der Waals surface area contributed by atoms with Gasteiger partial charge >= 0.3 is 6.09 Å². The Bertz CT molecular complexity index is 2050.